The van der Waals surface area contributed by atoms with Gasteiger partial charge in [-0.15, -0.1) is 0 Å². The highest BCUT2D eigenvalue weighted by molar-refractivity contribution is 9.11. The highest BCUT2D eigenvalue weighted by atomic mass is 79.9. The van der Waals surface area contributed by atoms with Crippen molar-refractivity contribution >= 4 is 80.8 Å². The van der Waals surface area contributed by atoms with Crippen LogP contribution in [0, 0.1) is 0 Å². The van der Waals surface area contributed by atoms with E-state index in [1.54, 1.807) is 12.3 Å². The van der Waals surface area contributed by atoms with Gasteiger partial charge in [-0.3, -0.25) is 4.79 Å². The van der Waals surface area contributed by atoms with E-state index in [-0.39, 0.29) is 5.56 Å². The third-order valence-electron chi connectivity index (χ3n) is 5.55. The number of rotatable bonds is 7. The predicted molar refractivity (Wildman–Crippen MR) is 167 cm³/mol. The van der Waals surface area contributed by atoms with Crippen molar-refractivity contribution in [2.75, 3.05) is 6.61 Å². The molecule has 0 N–H and O–H groups in total. The summed E-state index contributed by atoms with van der Waals surface area (Å²) in [7, 11) is 0. The average Bonchev–Trinajstić information content (AvgIpc) is 2.84. The molecule has 198 valence electrons. The van der Waals surface area contributed by atoms with Crippen LogP contribution in [0.4, 0.5) is 0 Å². The minimum absolute atomic E-state index is 0.237. The van der Waals surface area contributed by atoms with E-state index >= 15 is 0 Å². The molecule has 1 heterocycles. The molecular formula is C28H25Br4N3O3. The Hall–Kier alpha value is -2.01. The van der Waals surface area contributed by atoms with Gasteiger partial charge in [-0.2, -0.15) is 9.78 Å². The van der Waals surface area contributed by atoms with Crippen molar-refractivity contribution in [2.45, 2.75) is 39.7 Å². The summed E-state index contributed by atoms with van der Waals surface area (Å²) >= 11 is 14.1. The van der Waals surface area contributed by atoms with Crippen LogP contribution in [0.25, 0.3) is 10.9 Å². The Morgan fingerprint density at radius 1 is 0.921 bits per heavy atom. The number of nitrogens with zero attached hydrogens (tertiary/aromatic N) is 3. The summed E-state index contributed by atoms with van der Waals surface area (Å²) in [6, 6.07) is 15.1. The molecule has 4 aromatic rings. The second-order valence-electron chi connectivity index (χ2n) is 9.49. The highest BCUT2D eigenvalue weighted by Gasteiger charge is 2.23. The molecular weight excluding hydrogens is 746 g/mol. The zero-order chi connectivity index (χ0) is 27.6. The Kier molecular flexibility index (Phi) is 9.17. The molecule has 38 heavy (non-hydrogen) atoms. The minimum atomic E-state index is -0.412. The zero-order valence-electron chi connectivity index (χ0n) is 21.2. The first-order valence-electron chi connectivity index (χ1n) is 11.8. The van der Waals surface area contributed by atoms with Gasteiger partial charge in [-0.05, 0) is 65.3 Å². The topological polar surface area (TPSA) is 65.7 Å². The van der Waals surface area contributed by atoms with Gasteiger partial charge in [0.1, 0.15) is 12.4 Å². The molecule has 3 aromatic carbocycles. The second kappa shape index (κ2) is 12.0. The van der Waals surface area contributed by atoms with Crippen LogP contribution in [0.2, 0.25) is 0 Å². The molecule has 4 rings (SSSR count). The summed E-state index contributed by atoms with van der Waals surface area (Å²) in [5.41, 5.74) is 1.71. The first-order chi connectivity index (χ1) is 18.0. The Morgan fingerprint density at radius 3 is 2.29 bits per heavy atom. The molecule has 10 heteroatoms. The molecule has 0 radical (unpaired) electrons. The molecule has 0 saturated heterocycles. The largest absolute Gasteiger partial charge is 0.490 e. The lowest BCUT2D eigenvalue weighted by atomic mass is 9.95. The molecule has 1 aromatic heterocycles. The Labute approximate surface area is 255 Å². The monoisotopic (exact) mass is 767 g/mol. The van der Waals surface area contributed by atoms with Crippen molar-refractivity contribution in [3.8, 4) is 11.5 Å². The molecule has 0 bridgehead atoms. The Morgan fingerprint density at radius 2 is 1.61 bits per heavy atom. The van der Waals surface area contributed by atoms with E-state index in [9.17, 15) is 4.79 Å². The van der Waals surface area contributed by atoms with Gasteiger partial charge in [-0.25, -0.2) is 4.98 Å². The highest BCUT2D eigenvalue weighted by Crippen LogP contribution is 2.35. The maximum atomic E-state index is 13.5. The standard InChI is InChI=1S/C28H25Br4N3O3/c1-5-37-24-10-17(22(32)13-25(24)38-15-16-6-7-19(30)12-21(16)31)14-33-35-26(36)20-11-18(29)8-9-23(20)34-27(35)28(2,3)4/h6-14H,5,15H2,1-4H3. The van der Waals surface area contributed by atoms with Crippen molar-refractivity contribution < 1.29 is 9.47 Å². The predicted octanol–water partition coefficient (Wildman–Crippen LogP) is 8.60. The molecule has 0 spiro atoms. The molecule has 0 aliphatic rings. The van der Waals surface area contributed by atoms with Crippen molar-refractivity contribution in [3.63, 3.8) is 0 Å². The number of aromatic nitrogens is 2. The fourth-order valence-electron chi connectivity index (χ4n) is 3.69. The Balaban J connectivity index is 1.73. The normalized spacial score (nSPS) is 11.9. The van der Waals surface area contributed by atoms with Gasteiger partial charge in [0, 0.05) is 34.4 Å². The van der Waals surface area contributed by atoms with Crippen LogP contribution in [0.1, 0.15) is 44.6 Å². The molecule has 0 atom stereocenters. The van der Waals surface area contributed by atoms with Crippen LogP contribution in [-0.4, -0.2) is 22.5 Å². The van der Waals surface area contributed by atoms with Crippen LogP contribution < -0.4 is 15.0 Å². The summed E-state index contributed by atoms with van der Waals surface area (Å²) in [6.07, 6.45) is 1.63. The van der Waals surface area contributed by atoms with E-state index in [1.807, 2.05) is 70.2 Å². The molecule has 0 aliphatic heterocycles. The van der Waals surface area contributed by atoms with Crippen molar-refractivity contribution in [3.05, 3.63) is 93.7 Å². The first kappa shape index (κ1) is 29.0. The smallest absolute Gasteiger partial charge is 0.282 e. The van der Waals surface area contributed by atoms with Gasteiger partial charge < -0.3 is 9.47 Å². The number of halogens is 4. The lowest BCUT2D eigenvalue weighted by Gasteiger charge is -2.21. The fraction of sp³-hybridized carbons (Fsp3) is 0.250. The molecule has 0 amide bonds. The maximum absolute atomic E-state index is 13.5. The number of ether oxygens (including phenoxy) is 2. The summed E-state index contributed by atoms with van der Waals surface area (Å²) in [6.45, 7) is 8.75. The van der Waals surface area contributed by atoms with Gasteiger partial charge >= 0.3 is 0 Å². The minimum Gasteiger partial charge on any atom is -0.490 e. The van der Waals surface area contributed by atoms with E-state index in [0.29, 0.717) is 41.4 Å². The number of hydrogen-bond acceptors (Lipinski definition) is 5. The average molecular weight is 771 g/mol. The molecule has 0 unspecified atom stereocenters. The van der Waals surface area contributed by atoms with Crippen LogP contribution >= 0.6 is 63.7 Å². The van der Waals surface area contributed by atoms with E-state index in [2.05, 4.69) is 68.8 Å². The van der Waals surface area contributed by atoms with E-state index < -0.39 is 5.41 Å². The lowest BCUT2D eigenvalue weighted by molar-refractivity contribution is 0.268. The number of fused-ring (bicyclic) bond motifs is 1. The first-order valence-corrected chi connectivity index (χ1v) is 15.0. The van der Waals surface area contributed by atoms with Crippen molar-refractivity contribution in [2.24, 2.45) is 5.10 Å². The van der Waals surface area contributed by atoms with E-state index in [1.165, 1.54) is 4.68 Å². The molecule has 0 saturated carbocycles. The van der Waals surface area contributed by atoms with Crippen LogP contribution in [0.3, 0.4) is 0 Å². The van der Waals surface area contributed by atoms with Gasteiger partial charge in [0.2, 0.25) is 0 Å². The maximum Gasteiger partial charge on any atom is 0.282 e. The van der Waals surface area contributed by atoms with Crippen LogP contribution in [0.5, 0.6) is 11.5 Å². The van der Waals surface area contributed by atoms with E-state index in [0.717, 1.165) is 29.0 Å². The van der Waals surface area contributed by atoms with Crippen molar-refractivity contribution in [1.82, 2.24) is 9.66 Å². The molecule has 6 nitrogen and oxygen atoms in total. The summed E-state index contributed by atoms with van der Waals surface area (Å²) < 4.78 is 16.9. The SMILES string of the molecule is CCOc1cc(C=Nn2c(C(C)(C)C)nc3ccc(Br)cc3c2=O)c(Br)cc1OCc1ccc(Br)cc1Br. The van der Waals surface area contributed by atoms with Crippen LogP contribution in [-0.2, 0) is 12.0 Å². The van der Waals surface area contributed by atoms with E-state index in [4.69, 9.17) is 14.5 Å². The van der Waals surface area contributed by atoms with Gasteiger partial charge in [0.15, 0.2) is 11.5 Å². The summed E-state index contributed by atoms with van der Waals surface area (Å²) in [5.74, 6) is 1.74. The summed E-state index contributed by atoms with van der Waals surface area (Å²) in [5, 5.41) is 5.08. The van der Waals surface area contributed by atoms with Crippen molar-refractivity contribution in [1.29, 1.82) is 0 Å². The number of benzene rings is 3. The summed E-state index contributed by atoms with van der Waals surface area (Å²) in [4.78, 5) is 18.2. The quantitative estimate of drug-likeness (QED) is 0.177. The molecule has 0 fully saturated rings. The fourth-order valence-corrected chi connectivity index (χ4v) is 5.63. The zero-order valence-corrected chi connectivity index (χ0v) is 27.5. The second-order valence-corrected chi connectivity index (χ2v) is 13.0. The third kappa shape index (κ3) is 6.58. The van der Waals surface area contributed by atoms with Gasteiger partial charge in [0.05, 0.1) is 23.7 Å². The third-order valence-corrected chi connectivity index (χ3v) is 7.96. The van der Waals surface area contributed by atoms with Crippen LogP contribution in [0.15, 0.2) is 76.3 Å². The lowest BCUT2D eigenvalue weighted by Crippen LogP contribution is -2.29. The Bertz CT molecular complexity index is 1590. The van der Waals surface area contributed by atoms with Gasteiger partial charge in [-0.1, -0.05) is 74.6 Å². The van der Waals surface area contributed by atoms with Gasteiger partial charge in [0.25, 0.3) is 5.56 Å². The molecule has 0 aliphatic carbocycles. The number of hydrogen-bond donors (Lipinski definition) is 0.